The molecule has 0 spiro atoms. The van der Waals surface area contributed by atoms with E-state index in [4.69, 9.17) is 14.5 Å². The molecule has 0 N–H and O–H groups in total. The standard InChI is InChI=1S/C21H23N3O3S/c1-5-28-20-23-19(25)16-10-13-12-27-21(2,3)11-17(13)22-18(16)24(20)14-6-8-15(26-4)9-7-14/h6-10H,5,11-12H2,1-4H3. The second-order valence-corrected chi connectivity index (χ2v) is 8.59. The van der Waals surface area contributed by atoms with Crippen LogP contribution in [0.5, 0.6) is 5.75 Å². The zero-order valence-electron chi connectivity index (χ0n) is 16.5. The highest BCUT2D eigenvalue weighted by molar-refractivity contribution is 7.99. The van der Waals surface area contributed by atoms with Crippen LogP contribution >= 0.6 is 11.8 Å². The van der Waals surface area contributed by atoms with E-state index >= 15 is 0 Å². The number of methoxy groups -OCH3 is 1. The third-order valence-corrected chi connectivity index (χ3v) is 5.64. The minimum Gasteiger partial charge on any atom is -0.497 e. The first-order chi connectivity index (χ1) is 13.4. The van der Waals surface area contributed by atoms with Gasteiger partial charge in [0.15, 0.2) is 10.8 Å². The molecule has 0 atom stereocenters. The zero-order valence-corrected chi connectivity index (χ0v) is 17.3. The molecule has 1 aliphatic heterocycles. The number of fused-ring (bicyclic) bond motifs is 2. The molecule has 0 amide bonds. The summed E-state index contributed by atoms with van der Waals surface area (Å²) < 4.78 is 13.1. The van der Waals surface area contributed by atoms with Crippen LogP contribution < -0.4 is 10.3 Å². The van der Waals surface area contributed by atoms with Gasteiger partial charge in [-0.3, -0.25) is 9.36 Å². The van der Waals surface area contributed by atoms with Gasteiger partial charge in [-0.25, -0.2) is 4.98 Å². The minimum atomic E-state index is -0.271. The summed E-state index contributed by atoms with van der Waals surface area (Å²) in [6.45, 7) is 6.62. The van der Waals surface area contributed by atoms with Gasteiger partial charge in [-0.2, -0.15) is 4.98 Å². The third-order valence-electron chi connectivity index (χ3n) is 4.82. The average Bonchev–Trinajstić information content (AvgIpc) is 2.67. The van der Waals surface area contributed by atoms with Gasteiger partial charge in [0.05, 0.1) is 30.4 Å². The van der Waals surface area contributed by atoms with Gasteiger partial charge < -0.3 is 9.47 Å². The first-order valence-corrected chi connectivity index (χ1v) is 10.3. The SMILES string of the molecule is CCSc1nc(=O)c2cc3c(nc2n1-c1ccc(OC)cc1)CC(C)(C)OC3. The van der Waals surface area contributed by atoms with E-state index in [9.17, 15) is 4.79 Å². The first-order valence-electron chi connectivity index (χ1n) is 9.28. The van der Waals surface area contributed by atoms with Crippen molar-refractivity contribution in [3.63, 3.8) is 0 Å². The van der Waals surface area contributed by atoms with E-state index in [-0.39, 0.29) is 11.2 Å². The maximum atomic E-state index is 12.7. The number of benzene rings is 1. The van der Waals surface area contributed by atoms with Crippen molar-refractivity contribution in [1.82, 2.24) is 14.5 Å². The molecule has 0 radical (unpaired) electrons. The number of nitrogens with zero attached hydrogens (tertiary/aromatic N) is 3. The van der Waals surface area contributed by atoms with Crippen molar-refractivity contribution >= 4 is 22.8 Å². The lowest BCUT2D eigenvalue weighted by molar-refractivity contribution is -0.0411. The summed E-state index contributed by atoms with van der Waals surface area (Å²) in [6, 6.07) is 9.60. The van der Waals surface area contributed by atoms with Gasteiger partial charge in [-0.15, -0.1) is 0 Å². The molecule has 28 heavy (non-hydrogen) atoms. The molecule has 2 aromatic heterocycles. The van der Waals surface area contributed by atoms with Crippen molar-refractivity contribution in [1.29, 1.82) is 0 Å². The molecule has 1 aromatic carbocycles. The van der Waals surface area contributed by atoms with Crippen LogP contribution in [0, 0.1) is 0 Å². The Morgan fingerprint density at radius 1 is 1.25 bits per heavy atom. The highest BCUT2D eigenvalue weighted by Gasteiger charge is 2.28. The van der Waals surface area contributed by atoms with Crippen molar-refractivity contribution in [2.75, 3.05) is 12.9 Å². The summed E-state index contributed by atoms with van der Waals surface area (Å²) in [5, 5.41) is 1.15. The maximum Gasteiger partial charge on any atom is 0.283 e. The van der Waals surface area contributed by atoms with E-state index in [1.165, 1.54) is 11.8 Å². The van der Waals surface area contributed by atoms with E-state index in [1.54, 1.807) is 7.11 Å². The molecule has 0 bridgehead atoms. The monoisotopic (exact) mass is 397 g/mol. The second-order valence-electron chi connectivity index (χ2n) is 7.36. The topological polar surface area (TPSA) is 66.2 Å². The van der Waals surface area contributed by atoms with Crippen LogP contribution in [0.3, 0.4) is 0 Å². The Balaban J connectivity index is 2.00. The van der Waals surface area contributed by atoms with Crippen molar-refractivity contribution in [2.24, 2.45) is 0 Å². The number of rotatable bonds is 4. The molecule has 4 rings (SSSR count). The summed E-state index contributed by atoms with van der Waals surface area (Å²) in [7, 11) is 1.64. The smallest absolute Gasteiger partial charge is 0.283 e. The van der Waals surface area contributed by atoms with Crippen LogP contribution in [0.4, 0.5) is 0 Å². The average molecular weight is 398 g/mol. The Kier molecular flexibility index (Phi) is 4.89. The largest absolute Gasteiger partial charge is 0.497 e. The Bertz CT molecular complexity index is 1090. The van der Waals surface area contributed by atoms with Crippen molar-refractivity contribution in [3.8, 4) is 11.4 Å². The lowest BCUT2D eigenvalue weighted by Crippen LogP contribution is -2.33. The second kappa shape index (κ2) is 7.22. The van der Waals surface area contributed by atoms with E-state index < -0.39 is 0 Å². The normalized spacial score (nSPS) is 15.4. The molecule has 146 valence electrons. The van der Waals surface area contributed by atoms with Crippen LogP contribution in [0.1, 0.15) is 32.0 Å². The predicted octanol–water partition coefficient (Wildman–Crippen LogP) is 3.75. The number of ether oxygens (including phenoxy) is 2. The van der Waals surface area contributed by atoms with E-state index in [0.717, 1.165) is 28.4 Å². The van der Waals surface area contributed by atoms with E-state index in [2.05, 4.69) is 18.8 Å². The Hall–Kier alpha value is -2.38. The predicted molar refractivity (Wildman–Crippen MR) is 111 cm³/mol. The molecule has 7 heteroatoms. The van der Waals surface area contributed by atoms with E-state index in [0.29, 0.717) is 29.2 Å². The van der Waals surface area contributed by atoms with Crippen LogP contribution in [0.15, 0.2) is 40.3 Å². The fourth-order valence-corrected chi connectivity index (χ4v) is 4.12. The summed E-state index contributed by atoms with van der Waals surface area (Å²) in [5.41, 5.74) is 2.95. The molecule has 0 fully saturated rings. The lowest BCUT2D eigenvalue weighted by atomic mass is 9.95. The van der Waals surface area contributed by atoms with Gasteiger partial charge in [-0.05, 0) is 49.9 Å². The maximum absolute atomic E-state index is 12.7. The molecule has 3 aromatic rings. The number of pyridine rings is 1. The highest BCUT2D eigenvalue weighted by Crippen LogP contribution is 2.30. The van der Waals surface area contributed by atoms with Crippen molar-refractivity contribution in [2.45, 2.75) is 44.6 Å². The van der Waals surface area contributed by atoms with Gasteiger partial charge in [0.2, 0.25) is 0 Å². The molecule has 0 saturated carbocycles. The van der Waals surface area contributed by atoms with Crippen LogP contribution in [-0.2, 0) is 17.8 Å². The summed E-state index contributed by atoms with van der Waals surface area (Å²) in [5.74, 6) is 1.58. The third kappa shape index (κ3) is 3.40. The molecule has 0 saturated heterocycles. The van der Waals surface area contributed by atoms with Crippen molar-refractivity contribution < 1.29 is 9.47 Å². The molecule has 0 unspecified atom stereocenters. The number of hydrogen-bond donors (Lipinski definition) is 0. The van der Waals surface area contributed by atoms with Crippen molar-refractivity contribution in [3.05, 3.63) is 51.9 Å². The van der Waals surface area contributed by atoms with Gasteiger partial charge in [0.25, 0.3) is 5.56 Å². The quantitative estimate of drug-likeness (QED) is 0.493. The van der Waals surface area contributed by atoms with Crippen LogP contribution in [-0.4, -0.2) is 33.0 Å². The Morgan fingerprint density at radius 2 is 2.00 bits per heavy atom. The molecule has 3 heterocycles. The van der Waals surface area contributed by atoms with Gasteiger partial charge in [0, 0.05) is 17.7 Å². The fourth-order valence-electron chi connectivity index (χ4n) is 3.39. The number of aromatic nitrogens is 3. The van der Waals surface area contributed by atoms with E-state index in [1.807, 2.05) is 41.8 Å². The number of thioether (sulfide) groups is 1. The molecular formula is C21H23N3O3S. The Labute approximate surface area is 167 Å². The first kappa shape index (κ1) is 19.0. The van der Waals surface area contributed by atoms with Gasteiger partial charge in [0.1, 0.15) is 5.75 Å². The highest BCUT2D eigenvalue weighted by atomic mass is 32.2. The summed E-state index contributed by atoms with van der Waals surface area (Å²) in [4.78, 5) is 22.0. The summed E-state index contributed by atoms with van der Waals surface area (Å²) >= 11 is 1.53. The molecule has 1 aliphatic rings. The zero-order chi connectivity index (χ0) is 19.9. The van der Waals surface area contributed by atoms with Crippen LogP contribution in [0.2, 0.25) is 0 Å². The van der Waals surface area contributed by atoms with Gasteiger partial charge in [-0.1, -0.05) is 18.7 Å². The lowest BCUT2D eigenvalue weighted by Gasteiger charge is -2.31. The molecule has 0 aliphatic carbocycles. The number of hydrogen-bond acceptors (Lipinski definition) is 6. The van der Waals surface area contributed by atoms with Crippen LogP contribution in [0.25, 0.3) is 16.7 Å². The molecular weight excluding hydrogens is 374 g/mol. The Morgan fingerprint density at radius 3 is 2.68 bits per heavy atom. The molecule has 6 nitrogen and oxygen atoms in total. The van der Waals surface area contributed by atoms with Gasteiger partial charge >= 0.3 is 0 Å². The fraction of sp³-hybridized carbons (Fsp3) is 0.381. The minimum absolute atomic E-state index is 0.254. The summed E-state index contributed by atoms with van der Waals surface area (Å²) in [6.07, 6.45) is 0.702.